The summed E-state index contributed by atoms with van der Waals surface area (Å²) in [6.07, 6.45) is 1.66. The van der Waals surface area contributed by atoms with Crippen molar-refractivity contribution in [2.24, 2.45) is 11.8 Å². The number of likely N-dealkylation sites (tertiary alicyclic amines) is 1. The number of carbonyl (C=O) groups excluding carboxylic acids is 6. The van der Waals surface area contributed by atoms with Gasteiger partial charge < -0.3 is 25.3 Å². The second kappa shape index (κ2) is 13.6. The number of carbonyl (C=O) groups is 6. The summed E-state index contributed by atoms with van der Waals surface area (Å²) in [5.74, 6) is -2.30. The average molecular weight is 703 g/mol. The van der Waals surface area contributed by atoms with Crippen molar-refractivity contribution in [1.82, 2.24) is 30.2 Å². The third kappa shape index (κ3) is 6.31. The molecule has 2 N–H and O–H groups in total. The maximum atomic E-state index is 13.8. The van der Waals surface area contributed by atoms with Crippen molar-refractivity contribution >= 4 is 35.6 Å². The SMILES string of the molecule is CCN1C(=O)C2CN(C(=O)c3ccc(C(=O)N4C[C@@H](C(=O)N[C@H]5C[C@@H]5c5ccccc5)[C@H](C(=O)N[C@H]5C[C@@H]5c5ccccc5)C4)cc3)CCN2C1=O. The lowest BCUT2D eigenvalue weighted by molar-refractivity contribution is -0.133. The van der Waals surface area contributed by atoms with Crippen molar-refractivity contribution in [3.63, 3.8) is 0 Å². The minimum atomic E-state index is -0.705. The lowest BCUT2D eigenvalue weighted by atomic mass is 9.94. The molecule has 3 saturated heterocycles. The van der Waals surface area contributed by atoms with E-state index in [2.05, 4.69) is 34.9 Å². The molecule has 0 bridgehead atoms. The molecule has 3 aliphatic heterocycles. The van der Waals surface area contributed by atoms with Gasteiger partial charge in [0.25, 0.3) is 17.7 Å². The molecule has 268 valence electrons. The van der Waals surface area contributed by atoms with Crippen molar-refractivity contribution < 1.29 is 28.8 Å². The Labute approximate surface area is 302 Å². The Morgan fingerprint density at radius 2 is 1.12 bits per heavy atom. The number of rotatable bonds is 9. The molecule has 7 amide bonds. The van der Waals surface area contributed by atoms with Gasteiger partial charge in [0.05, 0.1) is 18.4 Å². The summed E-state index contributed by atoms with van der Waals surface area (Å²) in [7, 11) is 0. The van der Waals surface area contributed by atoms with Gasteiger partial charge in [-0.2, -0.15) is 0 Å². The van der Waals surface area contributed by atoms with E-state index in [-0.39, 0.29) is 92.2 Å². The van der Waals surface area contributed by atoms with Crippen LogP contribution in [0.2, 0.25) is 0 Å². The zero-order valence-corrected chi connectivity index (χ0v) is 29.0. The summed E-state index contributed by atoms with van der Waals surface area (Å²) < 4.78 is 0. The molecule has 7 atom stereocenters. The van der Waals surface area contributed by atoms with Gasteiger partial charge in [0, 0.05) is 67.8 Å². The maximum Gasteiger partial charge on any atom is 0.327 e. The molecule has 3 heterocycles. The fraction of sp³-hybridized carbons (Fsp3) is 0.400. The number of benzene rings is 3. The first kappa shape index (κ1) is 33.6. The maximum absolute atomic E-state index is 13.8. The third-order valence-corrected chi connectivity index (χ3v) is 11.4. The first-order valence-corrected chi connectivity index (χ1v) is 18.2. The van der Waals surface area contributed by atoms with E-state index in [9.17, 15) is 28.8 Å². The van der Waals surface area contributed by atoms with Gasteiger partial charge in [0.1, 0.15) is 6.04 Å². The van der Waals surface area contributed by atoms with Crippen LogP contribution in [-0.4, -0.2) is 113 Å². The van der Waals surface area contributed by atoms with E-state index in [0.29, 0.717) is 17.7 Å². The molecule has 2 saturated carbocycles. The van der Waals surface area contributed by atoms with E-state index >= 15 is 0 Å². The number of urea groups is 1. The van der Waals surface area contributed by atoms with Gasteiger partial charge in [-0.1, -0.05) is 60.7 Å². The lowest BCUT2D eigenvalue weighted by Crippen LogP contribution is -2.54. The molecule has 5 aliphatic rings. The topological polar surface area (TPSA) is 139 Å². The molecule has 52 heavy (non-hydrogen) atoms. The lowest BCUT2D eigenvalue weighted by Gasteiger charge is -2.35. The monoisotopic (exact) mass is 702 g/mol. The van der Waals surface area contributed by atoms with Crippen LogP contribution in [0.1, 0.15) is 63.4 Å². The Morgan fingerprint density at radius 1 is 0.635 bits per heavy atom. The van der Waals surface area contributed by atoms with E-state index in [1.165, 1.54) is 20.9 Å². The summed E-state index contributed by atoms with van der Waals surface area (Å²) in [6.45, 7) is 2.92. The number of nitrogens with one attached hydrogen (secondary N) is 2. The van der Waals surface area contributed by atoms with Crippen LogP contribution >= 0.6 is 0 Å². The molecular formula is C40H42N6O6. The second-order valence-electron chi connectivity index (χ2n) is 14.6. The number of imide groups is 1. The molecule has 1 unspecified atom stereocenters. The molecule has 0 aromatic heterocycles. The van der Waals surface area contributed by atoms with E-state index in [0.717, 1.165) is 12.8 Å². The highest BCUT2D eigenvalue weighted by atomic mass is 16.2. The number of hydrogen-bond donors (Lipinski definition) is 2. The molecular weight excluding hydrogens is 660 g/mol. The van der Waals surface area contributed by atoms with E-state index < -0.39 is 17.9 Å². The largest absolute Gasteiger partial charge is 0.352 e. The number of fused-ring (bicyclic) bond motifs is 1. The summed E-state index contributed by atoms with van der Waals surface area (Å²) in [5, 5.41) is 6.33. The standard InChI is InChI=1S/C40H42N6O6/c1-2-45-39(51)34-23-43(17-18-46(34)40(45)52)37(49)26-13-15-27(16-14-26)38(50)44-21-30(35(47)41-32-19-28(32)24-9-5-3-6-10-24)31(22-44)36(48)42-33-20-29(33)25-11-7-4-8-12-25/h3-16,28-34H,2,17-23H2,1H3,(H,41,47)(H,42,48)/t28-,29-,30-,31-,32+,33+,34?/m1/s1. The van der Waals surface area contributed by atoms with Crippen LogP contribution in [0.5, 0.6) is 0 Å². The Balaban J connectivity index is 0.934. The predicted molar refractivity (Wildman–Crippen MR) is 190 cm³/mol. The van der Waals surface area contributed by atoms with Gasteiger partial charge >= 0.3 is 6.03 Å². The molecule has 0 radical (unpaired) electrons. The molecule has 0 spiro atoms. The number of piperazine rings is 1. The van der Waals surface area contributed by atoms with Crippen LogP contribution in [0.4, 0.5) is 4.79 Å². The van der Waals surface area contributed by atoms with Crippen molar-refractivity contribution in [2.45, 2.75) is 49.7 Å². The van der Waals surface area contributed by atoms with Crippen molar-refractivity contribution in [3.05, 3.63) is 107 Å². The van der Waals surface area contributed by atoms with Crippen LogP contribution in [0.15, 0.2) is 84.9 Å². The highest BCUT2D eigenvalue weighted by molar-refractivity contribution is 6.05. The minimum absolute atomic E-state index is 0.0137. The first-order valence-electron chi connectivity index (χ1n) is 18.2. The zero-order valence-electron chi connectivity index (χ0n) is 29.0. The summed E-state index contributed by atoms with van der Waals surface area (Å²) in [6, 6.07) is 25.4. The quantitative estimate of drug-likeness (QED) is 0.329. The summed E-state index contributed by atoms with van der Waals surface area (Å²) >= 11 is 0. The number of hydrogen-bond acceptors (Lipinski definition) is 6. The highest BCUT2D eigenvalue weighted by Crippen LogP contribution is 2.42. The van der Waals surface area contributed by atoms with Crippen LogP contribution in [0.25, 0.3) is 0 Å². The van der Waals surface area contributed by atoms with Gasteiger partial charge in [-0.3, -0.25) is 28.9 Å². The molecule has 2 aliphatic carbocycles. The highest BCUT2D eigenvalue weighted by Gasteiger charge is 2.50. The Bertz CT molecular complexity index is 1830. The van der Waals surface area contributed by atoms with Crippen molar-refractivity contribution in [3.8, 4) is 0 Å². The van der Waals surface area contributed by atoms with Gasteiger partial charge in [0.15, 0.2) is 0 Å². The first-order chi connectivity index (χ1) is 25.2. The Kier molecular flexibility index (Phi) is 8.76. The number of likely N-dealkylation sites (N-methyl/N-ethyl adjacent to an activating group) is 1. The molecule has 12 nitrogen and oxygen atoms in total. The third-order valence-electron chi connectivity index (χ3n) is 11.4. The second-order valence-corrected chi connectivity index (χ2v) is 14.6. The van der Waals surface area contributed by atoms with E-state index in [1.54, 1.807) is 41.0 Å². The molecule has 12 heteroatoms. The van der Waals surface area contributed by atoms with E-state index in [4.69, 9.17) is 0 Å². The predicted octanol–water partition coefficient (Wildman–Crippen LogP) is 2.83. The van der Waals surface area contributed by atoms with Crippen LogP contribution in [0.3, 0.4) is 0 Å². The van der Waals surface area contributed by atoms with Gasteiger partial charge in [-0.15, -0.1) is 0 Å². The van der Waals surface area contributed by atoms with Gasteiger partial charge in [-0.05, 0) is 55.2 Å². The smallest absolute Gasteiger partial charge is 0.327 e. The van der Waals surface area contributed by atoms with Crippen molar-refractivity contribution in [2.75, 3.05) is 39.3 Å². The molecule has 5 fully saturated rings. The fourth-order valence-electron chi connectivity index (χ4n) is 8.18. The van der Waals surface area contributed by atoms with Crippen LogP contribution in [0, 0.1) is 11.8 Å². The van der Waals surface area contributed by atoms with Gasteiger partial charge in [-0.25, -0.2) is 4.79 Å². The molecule has 3 aromatic carbocycles. The normalized spacial score (nSPS) is 27.7. The Hall–Kier alpha value is -5.52. The van der Waals surface area contributed by atoms with Gasteiger partial charge in [0.2, 0.25) is 11.8 Å². The van der Waals surface area contributed by atoms with Crippen molar-refractivity contribution in [1.29, 1.82) is 0 Å². The average Bonchev–Trinajstić information content (AvgIpc) is 4.07. The zero-order chi connectivity index (χ0) is 36.1. The fourth-order valence-corrected chi connectivity index (χ4v) is 8.18. The molecule has 3 aromatic rings. The summed E-state index contributed by atoms with van der Waals surface area (Å²) in [4.78, 5) is 86.0. The number of amides is 7. The number of nitrogens with zero attached hydrogens (tertiary/aromatic N) is 4. The van der Waals surface area contributed by atoms with Crippen LogP contribution in [-0.2, 0) is 14.4 Å². The summed E-state index contributed by atoms with van der Waals surface area (Å²) in [5.41, 5.74) is 3.04. The van der Waals surface area contributed by atoms with E-state index in [1.807, 2.05) is 36.4 Å². The molecule has 8 rings (SSSR count). The minimum Gasteiger partial charge on any atom is -0.352 e. The van der Waals surface area contributed by atoms with Crippen LogP contribution < -0.4 is 10.6 Å². The Morgan fingerprint density at radius 3 is 1.60 bits per heavy atom.